The molecule has 1 N–H and O–H groups in total. The zero-order valence-corrected chi connectivity index (χ0v) is 17.9. The summed E-state index contributed by atoms with van der Waals surface area (Å²) < 4.78 is 6.78. The van der Waals surface area contributed by atoms with Gasteiger partial charge in [-0.15, -0.1) is 11.3 Å². The van der Waals surface area contributed by atoms with Crippen LogP contribution < -0.4 is 10.1 Å². The number of nitrogens with one attached hydrogen (secondary N) is 1. The third-order valence-electron chi connectivity index (χ3n) is 5.14. The lowest BCUT2D eigenvalue weighted by molar-refractivity contribution is -0.118. The molecule has 0 bridgehead atoms. The molecule has 1 amide bonds. The van der Waals surface area contributed by atoms with Crippen LogP contribution >= 0.6 is 11.3 Å². The Morgan fingerprint density at radius 3 is 2.47 bits per heavy atom. The number of hydrogen-bond donors (Lipinski definition) is 1. The first-order valence-corrected chi connectivity index (χ1v) is 10.9. The third-order valence-corrected chi connectivity index (χ3v) is 6.23. The van der Waals surface area contributed by atoms with Crippen molar-refractivity contribution >= 4 is 33.1 Å². The highest BCUT2D eigenvalue weighted by Gasteiger charge is 2.08. The third kappa shape index (κ3) is 4.69. The van der Waals surface area contributed by atoms with E-state index >= 15 is 0 Å². The number of benzene rings is 3. The minimum Gasteiger partial charge on any atom is -0.484 e. The molecule has 3 aromatic carbocycles. The van der Waals surface area contributed by atoms with E-state index in [2.05, 4.69) is 42.3 Å². The molecule has 1 heterocycles. The molecule has 4 nitrogen and oxygen atoms in total. The van der Waals surface area contributed by atoms with Gasteiger partial charge in [0.25, 0.3) is 5.91 Å². The maximum Gasteiger partial charge on any atom is 0.262 e. The fourth-order valence-electron chi connectivity index (χ4n) is 3.17. The summed E-state index contributed by atoms with van der Waals surface area (Å²) in [5, 5.41) is 3.85. The Morgan fingerprint density at radius 2 is 1.77 bits per heavy atom. The molecule has 4 aromatic rings. The van der Waals surface area contributed by atoms with Crippen molar-refractivity contribution in [2.75, 3.05) is 11.9 Å². The molecule has 1 aromatic heterocycles. The lowest BCUT2D eigenvalue weighted by Gasteiger charge is -2.11. The highest BCUT2D eigenvalue weighted by molar-refractivity contribution is 7.21. The lowest BCUT2D eigenvalue weighted by atomic mass is 9.99. The summed E-state index contributed by atoms with van der Waals surface area (Å²) in [7, 11) is 0. The van der Waals surface area contributed by atoms with Gasteiger partial charge in [-0.25, -0.2) is 4.98 Å². The molecule has 0 aliphatic carbocycles. The minimum atomic E-state index is -0.186. The Kier molecular flexibility index (Phi) is 6.10. The van der Waals surface area contributed by atoms with E-state index in [9.17, 15) is 4.79 Å². The zero-order valence-electron chi connectivity index (χ0n) is 17.1. The van der Waals surface area contributed by atoms with Crippen LogP contribution in [0.2, 0.25) is 0 Å². The van der Waals surface area contributed by atoms with E-state index in [1.165, 1.54) is 10.3 Å². The van der Waals surface area contributed by atoms with Crippen molar-refractivity contribution < 1.29 is 9.53 Å². The number of thiazole rings is 1. The molecule has 152 valence electrons. The van der Waals surface area contributed by atoms with E-state index in [1.54, 1.807) is 11.3 Å². The van der Waals surface area contributed by atoms with E-state index in [0.29, 0.717) is 11.7 Å². The summed E-state index contributed by atoms with van der Waals surface area (Å²) in [5.74, 6) is 1.03. The van der Waals surface area contributed by atoms with Crippen molar-refractivity contribution in [2.45, 2.75) is 26.2 Å². The van der Waals surface area contributed by atoms with Crippen LogP contribution in [0.1, 0.15) is 31.7 Å². The fraction of sp³-hybridized carbons (Fsp3) is 0.200. The summed E-state index contributed by atoms with van der Waals surface area (Å²) in [6.07, 6.45) is 1.10. The predicted molar refractivity (Wildman–Crippen MR) is 124 cm³/mol. The normalized spacial score (nSPS) is 11.9. The summed E-state index contributed by atoms with van der Waals surface area (Å²) in [6.45, 7) is 4.35. The maximum absolute atomic E-state index is 12.2. The van der Waals surface area contributed by atoms with Crippen LogP contribution in [0, 0.1) is 0 Å². The standard InChI is InChI=1S/C25H24N2O2S/c1-3-17(2)18-10-14-21(15-11-18)29-16-24(28)26-20-12-8-19(9-13-20)25-27-22-6-4-5-7-23(22)30-25/h4-15,17H,3,16H2,1-2H3,(H,26,28)/t17-/m1/s1. The molecule has 0 aliphatic rings. The van der Waals surface area contributed by atoms with Gasteiger partial charge in [-0.3, -0.25) is 4.79 Å². The van der Waals surface area contributed by atoms with Gasteiger partial charge in [-0.1, -0.05) is 38.1 Å². The number of rotatable bonds is 7. The van der Waals surface area contributed by atoms with Crippen molar-refractivity contribution in [1.82, 2.24) is 4.98 Å². The molecule has 0 aliphatic heterocycles. The van der Waals surface area contributed by atoms with E-state index < -0.39 is 0 Å². The average Bonchev–Trinajstić information content (AvgIpc) is 3.22. The Bertz CT molecular complexity index is 1100. The first-order chi connectivity index (χ1) is 14.6. The Morgan fingerprint density at radius 1 is 1.03 bits per heavy atom. The molecule has 0 spiro atoms. The van der Waals surface area contributed by atoms with Gasteiger partial charge in [0, 0.05) is 11.3 Å². The molecular formula is C25H24N2O2S. The molecule has 0 radical (unpaired) electrons. The van der Waals surface area contributed by atoms with E-state index in [0.717, 1.165) is 28.2 Å². The van der Waals surface area contributed by atoms with Gasteiger partial charge in [0.15, 0.2) is 6.61 Å². The van der Waals surface area contributed by atoms with Crippen molar-refractivity contribution in [1.29, 1.82) is 0 Å². The van der Waals surface area contributed by atoms with Crippen molar-refractivity contribution in [3.63, 3.8) is 0 Å². The number of aromatic nitrogens is 1. The molecule has 0 unspecified atom stereocenters. The van der Waals surface area contributed by atoms with Gasteiger partial charge in [-0.05, 0) is 66.4 Å². The van der Waals surface area contributed by atoms with Crippen LogP contribution in [0.4, 0.5) is 5.69 Å². The van der Waals surface area contributed by atoms with E-state index in [-0.39, 0.29) is 12.5 Å². The van der Waals surface area contributed by atoms with Crippen molar-refractivity contribution in [3.8, 4) is 16.3 Å². The maximum atomic E-state index is 12.2. The minimum absolute atomic E-state index is 0.0255. The van der Waals surface area contributed by atoms with Gasteiger partial charge in [0.05, 0.1) is 10.2 Å². The number of fused-ring (bicyclic) bond motifs is 1. The summed E-state index contributed by atoms with van der Waals surface area (Å²) in [4.78, 5) is 16.9. The van der Waals surface area contributed by atoms with Crippen LogP contribution in [0.15, 0.2) is 72.8 Å². The van der Waals surface area contributed by atoms with Crippen LogP contribution in [-0.4, -0.2) is 17.5 Å². The van der Waals surface area contributed by atoms with Crippen LogP contribution in [0.25, 0.3) is 20.8 Å². The molecule has 5 heteroatoms. The zero-order chi connectivity index (χ0) is 20.9. The van der Waals surface area contributed by atoms with Crippen molar-refractivity contribution in [3.05, 3.63) is 78.4 Å². The number of carbonyl (C=O) groups excluding carboxylic acids is 1. The molecular weight excluding hydrogens is 392 g/mol. The molecule has 1 atom stereocenters. The van der Waals surface area contributed by atoms with E-state index in [4.69, 9.17) is 4.74 Å². The second-order valence-electron chi connectivity index (χ2n) is 7.28. The highest BCUT2D eigenvalue weighted by atomic mass is 32.1. The largest absolute Gasteiger partial charge is 0.484 e. The monoisotopic (exact) mass is 416 g/mol. The van der Waals surface area contributed by atoms with E-state index in [1.807, 2.05) is 54.6 Å². The Balaban J connectivity index is 1.33. The predicted octanol–water partition coefficient (Wildman–Crippen LogP) is 6.49. The quantitative estimate of drug-likeness (QED) is 0.374. The van der Waals surface area contributed by atoms with Gasteiger partial charge in [0.2, 0.25) is 0 Å². The molecule has 4 rings (SSSR count). The Hall–Kier alpha value is -3.18. The van der Waals surface area contributed by atoms with Crippen molar-refractivity contribution in [2.24, 2.45) is 0 Å². The van der Waals surface area contributed by atoms with Crippen LogP contribution in [-0.2, 0) is 4.79 Å². The summed E-state index contributed by atoms with van der Waals surface area (Å²) in [6, 6.07) is 23.8. The second kappa shape index (κ2) is 9.09. The first kappa shape index (κ1) is 20.1. The highest BCUT2D eigenvalue weighted by Crippen LogP contribution is 2.30. The smallest absolute Gasteiger partial charge is 0.262 e. The number of para-hydroxylation sites is 1. The summed E-state index contributed by atoms with van der Waals surface area (Å²) in [5.41, 5.74) is 4.05. The van der Waals surface area contributed by atoms with Gasteiger partial charge < -0.3 is 10.1 Å². The lowest BCUT2D eigenvalue weighted by Crippen LogP contribution is -2.20. The average molecular weight is 417 g/mol. The number of nitrogens with zero attached hydrogens (tertiary/aromatic N) is 1. The first-order valence-electron chi connectivity index (χ1n) is 10.1. The Labute approximate surface area is 180 Å². The van der Waals surface area contributed by atoms with Gasteiger partial charge in [0.1, 0.15) is 10.8 Å². The number of anilines is 1. The van der Waals surface area contributed by atoms with Gasteiger partial charge >= 0.3 is 0 Å². The molecule has 0 saturated heterocycles. The molecule has 0 saturated carbocycles. The summed E-state index contributed by atoms with van der Waals surface area (Å²) >= 11 is 1.66. The number of ether oxygens (including phenoxy) is 1. The fourth-order valence-corrected chi connectivity index (χ4v) is 4.14. The van der Waals surface area contributed by atoms with Gasteiger partial charge in [-0.2, -0.15) is 0 Å². The van der Waals surface area contributed by atoms with Crippen LogP contribution in [0.3, 0.4) is 0 Å². The number of amides is 1. The van der Waals surface area contributed by atoms with Crippen LogP contribution in [0.5, 0.6) is 5.75 Å². The topological polar surface area (TPSA) is 51.2 Å². The molecule has 30 heavy (non-hydrogen) atoms. The second-order valence-corrected chi connectivity index (χ2v) is 8.31. The number of hydrogen-bond acceptors (Lipinski definition) is 4. The number of carbonyl (C=O) groups is 1. The SMILES string of the molecule is CC[C@@H](C)c1ccc(OCC(=O)Nc2ccc(-c3nc4ccccc4s3)cc2)cc1. The molecule has 0 fully saturated rings.